The Hall–Kier alpha value is -2.33. The Kier molecular flexibility index (Phi) is 4.11. The number of carbonyl (C=O) groups excluding carboxylic acids is 1. The van der Waals surface area contributed by atoms with Crippen LogP contribution >= 0.6 is 11.6 Å². The fraction of sp³-hybridized carbons (Fsp3) is 0.176. The molecule has 2 aromatic carbocycles. The van der Waals surface area contributed by atoms with Gasteiger partial charge in [-0.05, 0) is 35.4 Å². The second kappa shape index (κ2) is 6.20. The van der Waals surface area contributed by atoms with E-state index in [1.807, 2.05) is 37.3 Å². The smallest absolute Gasteiger partial charge is 0.224 e. The number of oxazole rings is 1. The van der Waals surface area contributed by atoms with Gasteiger partial charge in [-0.2, -0.15) is 0 Å². The molecule has 1 amide bonds. The van der Waals surface area contributed by atoms with Crippen molar-refractivity contribution >= 4 is 28.6 Å². The Morgan fingerprint density at radius 2 is 1.91 bits per heavy atom. The van der Waals surface area contributed by atoms with E-state index in [0.29, 0.717) is 23.9 Å². The molecule has 4 nitrogen and oxygen atoms in total. The van der Waals surface area contributed by atoms with Crippen molar-refractivity contribution in [1.29, 1.82) is 0 Å². The van der Waals surface area contributed by atoms with Crippen LogP contribution in [-0.4, -0.2) is 10.9 Å². The summed E-state index contributed by atoms with van der Waals surface area (Å²) in [5.41, 5.74) is 3.49. The molecule has 0 bridgehead atoms. The molecule has 22 heavy (non-hydrogen) atoms. The van der Waals surface area contributed by atoms with Crippen LogP contribution in [0, 0.1) is 6.92 Å². The Labute approximate surface area is 133 Å². The second-order valence-corrected chi connectivity index (χ2v) is 5.55. The lowest BCUT2D eigenvalue weighted by atomic mass is 10.1. The van der Waals surface area contributed by atoms with Crippen LogP contribution in [0.1, 0.15) is 17.0 Å². The fourth-order valence-electron chi connectivity index (χ4n) is 2.25. The number of carbonyl (C=O) groups is 1. The van der Waals surface area contributed by atoms with Crippen molar-refractivity contribution in [2.75, 3.05) is 0 Å². The van der Waals surface area contributed by atoms with Gasteiger partial charge in [0.2, 0.25) is 5.91 Å². The monoisotopic (exact) mass is 314 g/mol. The normalized spacial score (nSPS) is 10.8. The summed E-state index contributed by atoms with van der Waals surface area (Å²) >= 11 is 5.82. The molecular weight excluding hydrogens is 300 g/mol. The molecule has 1 aromatic heterocycles. The highest BCUT2D eigenvalue weighted by Crippen LogP contribution is 2.16. The highest BCUT2D eigenvalue weighted by atomic mass is 35.5. The third-order valence-corrected chi connectivity index (χ3v) is 3.58. The summed E-state index contributed by atoms with van der Waals surface area (Å²) in [4.78, 5) is 16.2. The minimum absolute atomic E-state index is 0.0289. The van der Waals surface area contributed by atoms with Crippen LogP contribution < -0.4 is 5.32 Å². The first-order chi connectivity index (χ1) is 10.6. The number of hydrogen-bond donors (Lipinski definition) is 1. The van der Waals surface area contributed by atoms with Crippen LogP contribution in [0.15, 0.2) is 46.9 Å². The van der Waals surface area contributed by atoms with E-state index < -0.39 is 0 Å². The number of aromatic nitrogens is 1. The highest BCUT2D eigenvalue weighted by molar-refractivity contribution is 6.30. The summed E-state index contributed by atoms with van der Waals surface area (Å²) in [5.74, 6) is 0.609. The van der Waals surface area contributed by atoms with Gasteiger partial charge >= 0.3 is 0 Å². The van der Waals surface area contributed by atoms with Crippen LogP contribution in [0.5, 0.6) is 0 Å². The molecule has 0 aliphatic heterocycles. The van der Waals surface area contributed by atoms with Gasteiger partial charge in [0.15, 0.2) is 11.5 Å². The summed E-state index contributed by atoms with van der Waals surface area (Å²) in [6, 6.07) is 13.0. The predicted octanol–water partition coefficient (Wildman–Crippen LogP) is 3.65. The number of aryl methyl sites for hydroxylation is 1. The maximum atomic E-state index is 12.0. The molecule has 0 atom stereocenters. The van der Waals surface area contributed by atoms with Crippen molar-refractivity contribution in [3.8, 4) is 0 Å². The van der Waals surface area contributed by atoms with E-state index in [1.54, 1.807) is 12.1 Å². The van der Waals surface area contributed by atoms with E-state index in [0.717, 1.165) is 22.2 Å². The van der Waals surface area contributed by atoms with E-state index in [4.69, 9.17) is 16.0 Å². The molecule has 0 radical (unpaired) electrons. The number of amides is 1. The molecule has 3 aromatic rings. The average Bonchev–Trinajstić information content (AvgIpc) is 2.87. The van der Waals surface area contributed by atoms with Crippen molar-refractivity contribution in [2.24, 2.45) is 0 Å². The van der Waals surface area contributed by atoms with Gasteiger partial charge in [-0.3, -0.25) is 4.79 Å². The lowest BCUT2D eigenvalue weighted by Crippen LogP contribution is -2.24. The Morgan fingerprint density at radius 1 is 1.18 bits per heavy atom. The largest absolute Gasteiger partial charge is 0.441 e. The molecule has 3 rings (SSSR count). The number of benzene rings is 2. The van der Waals surface area contributed by atoms with E-state index in [2.05, 4.69) is 10.3 Å². The standard InChI is InChI=1S/C17H15ClN2O2/c1-11-20-15-8-13(4-7-16(15)22-11)10-19-17(21)9-12-2-5-14(18)6-3-12/h2-8H,9-10H2,1H3,(H,19,21). The van der Waals surface area contributed by atoms with Crippen molar-refractivity contribution in [3.05, 3.63) is 64.5 Å². The van der Waals surface area contributed by atoms with E-state index in [1.165, 1.54) is 0 Å². The molecule has 112 valence electrons. The zero-order valence-electron chi connectivity index (χ0n) is 12.1. The number of nitrogens with one attached hydrogen (secondary N) is 1. The van der Waals surface area contributed by atoms with E-state index in [-0.39, 0.29) is 5.91 Å². The van der Waals surface area contributed by atoms with Crippen molar-refractivity contribution < 1.29 is 9.21 Å². The average molecular weight is 315 g/mol. The topological polar surface area (TPSA) is 55.1 Å². The number of nitrogens with zero attached hydrogens (tertiary/aromatic N) is 1. The lowest BCUT2D eigenvalue weighted by Gasteiger charge is -2.05. The predicted molar refractivity (Wildman–Crippen MR) is 85.7 cm³/mol. The molecule has 0 unspecified atom stereocenters. The van der Waals surface area contributed by atoms with Gasteiger partial charge in [-0.15, -0.1) is 0 Å². The summed E-state index contributed by atoms with van der Waals surface area (Å²) in [5, 5.41) is 3.57. The second-order valence-electron chi connectivity index (χ2n) is 5.11. The van der Waals surface area contributed by atoms with Crippen LogP contribution in [0.25, 0.3) is 11.1 Å². The third kappa shape index (κ3) is 3.46. The molecule has 0 fully saturated rings. The van der Waals surface area contributed by atoms with Gasteiger partial charge in [0.1, 0.15) is 5.52 Å². The first kappa shape index (κ1) is 14.6. The van der Waals surface area contributed by atoms with Gasteiger partial charge in [-0.25, -0.2) is 4.98 Å². The van der Waals surface area contributed by atoms with Crippen molar-refractivity contribution in [2.45, 2.75) is 19.9 Å². The van der Waals surface area contributed by atoms with E-state index in [9.17, 15) is 4.79 Å². The molecule has 0 aliphatic carbocycles. The minimum atomic E-state index is -0.0289. The fourth-order valence-corrected chi connectivity index (χ4v) is 2.37. The molecule has 0 spiro atoms. The molecule has 1 heterocycles. The van der Waals surface area contributed by atoms with Crippen LogP contribution in [0.2, 0.25) is 5.02 Å². The highest BCUT2D eigenvalue weighted by Gasteiger charge is 2.06. The maximum absolute atomic E-state index is 12.0. The number of hydrogen-bond acceptors (Lipinski definition) is 3. The molecule has 0 saturated carbocycles. The number of fused-ring (bicyclic) bond motifs is 1. The minimum Gasteiger partial charge on any atom is -0.441 e. The van der Waals surface area contributed by atoms with Gasteiger partial charge < -0.3 is 9.73 Å². The Balaban J connectivity index is 1.60. The van der Waals surface area contributed by atoms with Crippen LogP contribution in [-0.2, 0) is 17.8 Å². The summed E-state index contributed by atoms with van der Waals surface area (Å²) in [6.07, 6.45) is 0.336. The summed E-state index contributed by atoms with van der Waals surface area (Å²) in [7, 11) is 0. The summed E-state index contributed by atoms with van der Waals surface area (Å²) < 4.78 is 5.43. The maximum Gasteiger partial charge on any atom is 0.224 e. The van der Waals surface area contributed by atoms with Crippen molar-refractivity contribution in [3.63, 3.8) is 0 Å². The van der Waals surface area contributed by atoms with Crippen LogP contribution in [0.3, 0.4) is 0 Å². The first-order valence-corrected chi connectivity index (χ1v) is 7.35. The zero-order valence-corrected chi connectivity index (χ0v) is 12.9. The lowest BCUT2D eigenvalue weighted by molar-refractivity contribution is -0.120. The number of halogens is 1. The van der Waals surface area contributed by atoms with Crippen molar-refractivity contribution in [1.82, 2.24) is 10.3 Å². The van der Waals surface area contributed by atoms with Gasteiger partial charge in [0, 0.05) is 18.5 Å². The van der Waals surface area contributed by atoms with Gasteiger partial charge in [-0.1, -0.05) is 29.8 Å². The molecular formula is C17H15ClN2O2. The Bertz CT molecular complexity index is 809. The third-order valence-electron chi connectivity index (χ3n) is 3.33. The number of rotatable bonds is 4. The van der Waals surface area contributed by atoms with Gasteiger partial charge in [0.25, 0.3) is 0 Å². The zero-order chi connectivity index (χ0) is 15.5. The van der Waals surface area contributed by atoms with Gasteiger partial charge in [0.05, 0.1) is 6.42 Å². The van der Waals surface area contributed by atoms with Crippen LogP contribution in [0.4, 0.5) is 0 Å². The molecule has 5 heteroatoms. The molecule has 1 N–H and O–H groups in total. The molecule has 0 aliphatic rings. The van der Waals surface area contributed by atoms with E-state index >= 15 is 0 Å². The first-order valence-electron chi connectivity index (χ1n) is 6.97. The quantitative estimate of drug-likeness (QED) is 0.799. The molecule has 0 saturated heterocycles. The SMILES string of the molecule is Cc1nc2cc(CNC(=O)Cc3ccc(Cl)cc3)ccc2o1. The Morgan fingerprint density at radius 3 is 2.68 bits per heavy atom. The summed E-state index contributed by atoms with van der Waals surface area (Å²) in [6.45, 7) is 2.28.